The Balaban J connectivity index is 2.16. The van der Waals surface area contributed by atoms with Crippen LogP contribution < -0.4 is 9.62 Å². The lowest BCUT2D eigenvalue weighted by atomic mass is 10.2. The molecular formula is C16H22N2O2S2. The summed E-state index contributed by atoms with van der Waals surface area (Å²) in [5, 5.41) is 0. The van der Waals surface area contributed by atoms with Gasteiger partial charge in [0.2, 0.25) is 0 Å². The first kappa shape index (κ1) is 16.8. The smallest absolute Gasteiger partial charge is 0.271 e. The Morgan fingerprint density at radius 1 is 1.00 bits per heavy atom. The molecule has 0 unspecified atom stereocenters. The van der Waals surface area contributed by atoms with Crippen LogP contribution in [0.25, 0.3) is 0 Å². The number of benzene rings is 1. The van der Waals surface area contributed by atoms with Gasteiger partial charge in [0.1, 0.15) is 4.21 Å². The maximum absolute atomic E-state index is 12.4. The molecule has 0 aliphatic heterocycles. The lowest BCUT2D eigenvalue weighted by Gasteiger charge is -2.21. The monoisotopic (exact) mass is 338 g/mol. The normalized spacial score (nSPS) is 11.4. The third kappa shape index (κ3) is 3.81. The van der Waals surface area contributed by atoms with Gasteiger partial charge in [0.15, 0.2) is 0 Å². The van der Waals surface area contributed by atoms with Gasteiger partial charge in [-0.25, -0.2) is 8.42 Å². The maximum Gasteiger partial charge on any atom is 0.271 e. The molecule has 2 aromatic rings. The van der Waals surface area contributed by atoms with Gasteiger partial charge >= 0.3 is 0 Å². The van der Waals surface area contributed by atoms with Crippen molar-refractivity contribution in [2.75, 3.05) is 22.7 Å². The molecule has 1 heterocycles. The van der Waals surface area contributed by atoms with Crippen molar-refractivity contribution in [1.29, 1.82) is 0 Å². The van der Waals surface area contributed by atoms with Gasteiger partial charge in [-0.05, 0) is 56.7 Å². The van der Waals surface area contributed by atoms with Gasteiger partial charge in [-0.3, -0.25) is 4.72 Å². The first-order chi connectivity index (χ1) is 10.5. The molecule has 0 fully saturated rings. The molecular weight excluding hydrogens is 316 g/mol. The molecule has 0 aliphatic rings. The predicted molar refractivity (Wildman–Crippen MR) is 94.5 cm³/mol. The van der Waals surface area contributed by atoms with Gasteiger partial charge in [0.05, 0.1) is 0 Å². The molecule has 0 radical (unpaired) electrons. The van der Waals surface area contributed by atoms with E-state index < -0.39 is 10.0 Å². The number of nitrogens with one attached hydrogen (secondary N) is 1. The van der Waals surface area contributed by atoms with Crippen molar-refractivity contribution < 1.29 is 8.42 Å². The molecule has 0 aliphatic carbocycles. The van der Waals surface area contributed by atoms with Crippen LogP contribution in [0.2, 0.25) is 0 Å². The second kappa shape index (κ2) is 7.15. The zero-order chi connectivity index (χ0) is 16.2. The fourth-order valence-corrected chi connectivity index (χ4v) is 4.58. The van der Waals surface area contributed by atoms with E-state index in [4.69, 9.17) is 0 Å². The van der Waals surface area contributed by atoms with E-state index >= 15 is 0 Å². The molecule has 1 aromatic heterocycles. The summed E-state index contributed by atoms with van der Waals surface area (Å²) in [5.41, 5.74) is 1.68. The average molecular weight is 338 g/mol. The zero-order valence-corrected chi connectivity index (χ0v) is 14.8. The molecule has 0 saturated carbocycles. The van der Waals surface area contributed by atoms with Crippen LogP contribution in [0.15, 0.2) is 40.6 Å². The van der Waals surface area contributed by atoms with Crippen LogP contribution in [0.3, 0.4) is 0 Å². The first-order valence-electron chi connectivity index (χ1n) is 7.46. The number of hydrogen-bond acceptors (Lipinski definition) is 4. The molecule has 22 heavy (non-hydrogen) atoms. The second-order valence-electron chi connectivity index (χ2n) is 4.90. The zero-order valence-electron chi connectivity index (χ0n) is 13.2. The van der Waals surface area contributed by atoms with Gasteiger partial charge < -0.3 is 4.90 Å². The van der Waals surface area contributed by atoms with Crippen LogP contribution in [0.1, 0.15) is 25.6 Å². The molecule has 120 valence electrons. The molecule has 1 N–H and O–H groups in total. The van der Waals surface area contributed by atoms with E-state index in [1.54, 1.807) is 18.2 Å². The summed E-state index contributed by atoms with van der Waals surface area (Å²) in [5.74, 6) is 0. The minimum atomic E-state index is -3.49. The quantitative estimate of drug-likeness (QED) is 0.831. The molecule has 0 bridgehead atoms. The lowest BCUT2D eigenvalue weighted by Crippen LogP contribution is -2.21. The van der Waals surface area contributed by atoms with Gasteiger partial charge in [0.25, 0.3) is 10.0 Å². The van der Waals surface area contributed by atoms with E-state index in [1.807, 2.05) is 25.1 Å². The van der Waals surface area contributed by atoms with Crippen LogP contribution in [0.4, 0.5) is 11.4 Å². The highest BCUT2D eigenvalue weighted by Crippen LogP contribution is 2.25. The molecule has 0 atom stereocenters. The van der Waals surface area contributed by atoms with Crippen molar-refractivity contribution in [1.82, 2.24) is 0 Å². The summed E-state index contributed by atoms with van der Waals surface area (Å²) in [6, 6.07) is 11.0. The first-order valence-corrected chi connectivity index (χ1v) is 9.76. The Morgan fingerprint density at radius 2 is 1.64 bits per heavy atom. The van der Waals surface area contributed by atoms with Gasteiger partial charge in [-0.2, -0.15) is 0 Å². The summed E-state index contributed by atoms with van der Waals surface area (Å²) in [4.78, 5) is 3.28. The minimum Gasteiger partial charge on any atom is -0.372 e. The number of aryl methyl sites for hydroxylation is 1. The van der Waals surface area contributed by atoms with E-state index in [0.717, 1.165) is 30.1 Å². The summed E-state index contributed by atoms with van der Waals surface area (Å²) in [6.45, 7) is 8.07. The van der Waals surface area contributed by atoms with E-state index in [9.17, 15) is 8.42 Å². The standard InChI is InChI=1S/C16H22N2O2S2/c1-4-15-11-12-16(21-15)22(19,20)17-13-7-9-14(10-8-13)18(5-2)6-3/h7-12,17H,4-6H2,1-3H3. The largest absolute Gasteiger partial charge is 0.372 e. The highest BCUT2D eigenvalue weighted by Gasteiger charge is 2.16. The van der Waals surface area contributed by atoms with Crippen molar-refractivity contribution in [3.8, 4) is 0 Å². The highest BCUT2D eigenvalue weighted by atomic mass is 32.2. The SMILES string of the molecule is CCc1ccc(S(=O)(=O)Nc2ccc(N(CC)CC)cc2)s1. The van der Waals surface area contributed by atoms with Crippen LogP contribution >= 0.6 is 11.3 Å². The number of thiophene rings is 1. The minimum absolute atomic E-state index is 0.358. The fraction of sp³-hybridized carbons (Fsp3) is 0.375. The van der Waals surface area contributed by atoms with Crippen LogP contribution in [0.5, 0.6) is 0 Å². The lowest BCUT2D eigenvalue weighted by molar-refractivity contribution is 0.603. The topological polar surface area (TPSA) is 49.4 Å². The molecule has 0 saturated heterocycles. The van der Waals surface area contributed by atoms with Crippen molar-refractivity contribution >= 4 is 32.7 Å². The van der Waals surface area contributed by atoms with Gasteiger partial charge in [0, 0.05) is 29.3 Å². The Bertz CT molecular complexity index is 702. The highest BCUT2D eigenvalue weighted by molar-refractivity contribution is 7.94. The van der Waals surface area contributed by atoms with Gasteiger partial charge in [-0.15, -0.1) is 11.3 Å². The third-order valence-corrected chi connectivity index (χ3v) is 6.60. The van der Waals surface area contributed by atoms with Crippen molar-refractivity contribution in [3.63, 3.8) is 0 Å². The summed E-state index contributed by atoms with van der Waals surface area (Å²) >= 11 is 1.32. The van der Waals surface area contributed by atoms with E-state index in [-0.39, 0.29) is 0 Å². The van der Waals surface area contributed by atoms with Crippen molar-refractivity contribution in [3.05, 3.63) is 41.3 Å². The van der Waals surface area contributed by atoms with E-state index in [2.05, 4.69) is 23.5 Å². The van der Waals surface area contributed by atoms with E-state index in [1.165, 1.54) is 11.3 Å². The summed E-state index contributed by atoms with van der Waals surface area (Å²) in [6.07, 6.45) is 0.846. The average Bonchev–Trinajstić information content (AvgIpc) is 3.00. The Labute approximate surface area is 136 Å². The van der Waals surface area contributed by atoms with E-state index in [0.29, 0.717) is 9.90 Å². The van der Waals surface area contributed by atoms with Crippen molar-refractivity contribution in [2.24, 2.45) is 0 Å². The number of nitrogens with zero attached hydrogens (tertiary/aromatic N) is 1. The fourth-order valence-electron chi connectivity index (χ4n) is 2.23. The van der Waals surface area contributed by atoms with Gasteiger partial charge in [-0.1, -0.05) is 6.92 Å². The summed E-state index contributed by atoms with van der Waals surface area (Å²) < 4.78 is 27.7. The second-order valence-corrected chi connectivity index (χ2v) is 7.98. The Morgan fingerprint density at radius 3 is 2.14 bits per heavy atom. The molecule has 6 heteroatoms. The van der Waals surface area contributed by atoms with Crippen LogP contribution in [0, 0.1) is 0 Å². The summed E-state index contributed by atoms with van der Waals surface area (Å²) in [7, 11) is -3.49. The van der Waals surface area contributed by atoms with Crippen molar-refractivity contribution in [2.45, 2.75) is 31.4 Å². The molecule has 0 spiro atoms. The number of anilines is 2. The molecule has 2 rings (SSSR count). The number of rotatable bonds is 7. The number of hydrogen-bond donors (Lipinski definition) is 1. The predicted octanol–water partition coefficient (Wildman–Crippen LogP) is 3.96. The van der Waals surface area contributed by atoms with Crippen LogP contribution in [-0.2, 0) is 16.4 Å². The maximum atomic E-state index is 12.4. The molecule has 4 nitrogen and oxygen atoms in total. The molecule has 1 aromatic carbocycles. The number of sulfonamides is 1. The van der Waals surface area contributed by atoms with Crippen LogP contribution in [-0.4, -0.2) is 21.5 Å². The Hall–Kier alpha value is -1.53. The third-order valence-electron chi connectivity index (χ3n) is 3.50. The Kier molecular flexibility index (Phi) is 5.47. The molecule has 0 amide bonds.